The van der Waals surface area contributed by atoms with Crippen molar-refractivity contribution in [1.82, 2.24) is 9.55 Å². The van der Waals surface area contributed by atoms with Crippen LogP contribution in [0.2, 0.25) is 5.02 Å². The monoisotopic (exact) mass is 296 g/mol. The van der Waals surface area contributed by atoms with Gasteiger partial charge in [-0.2, -0.15) is 0 Å². The Balaban J connectivity index is 2.26. The molecule has 0 aliphatic heterocycles. The van der Waals surface area contributed by atoms with Gasteiger partial charge in [0.25, 0.3) is 0 Å². The quantitative estimate of drug-likeness (QED) is 0.696. The summed E-state index contributed by atoms with van der Waals surface area (Å²) in [6.07, 6.45) is 1.60. The molecule has 2 aromatic heterocycles. The maximum Gasteiger partial charge on any atom is 0.178 e. The van der Waals surface area contributed by atoms with Crippen molar-refractivity contribution in [2.45, 2.75) is 13.0 Å². The zero-order valence-electron chi connectivity index (χ0n) is 9.98. The molecule has 1 N–H and O–H groups in total. The van der Waals surface area contributed by atoms with Crippen LogP contribution in [0, 0.1) is 10.6 Å². The fourth-order valence-electron chi connectivity index (χ4n) is 2.16. The number of nitrogens with zero attached hydrogens (tertiary/aromatic N) is 1. The molecule has 1 atom stereocenters. The molecule has 2 heterocycles. The SMILES string of the molecule is CC(c1ccco1)n1c(=S)[nH]c2cc(Cl)c(F)cc21. The van der Waals surface area contributed by atoms with Crippen LogP contribution in [0.4, 0.5) is 4.39 Å². The van der Waals surface area contributed by atoms with E-state index in [-0.39, 0.29) is 11.1 Å². The fourth-order valence-corrected chi connectivity index (χ4v) is 2.69. The molecule has 3 nitrogen and oxygen atoms in total. The Bertz CT molecular complexity index is 791. The third-order valence-electron chi connectivity index (χ3n) is 3.10. The number of imidazole rings is 1. The summed E-state index contributed by atoms with van der Waals surface area (Å²) < 4.78 is 21.3. The molecular weight excluding hydrogens is 287 g/mol. The highest BCUT2D eigenvalue weighted by molar-refractivity contribution is 7.71. The van der Waals surface area contributed by atoms with E-state index in [1.807, 2.05) is 23.6 Å². The molecule has 3 rings (SSSR count). The molecule has 0 saturated heterocycles. The number of benzene rings is 1. The third kappa shape index (κ3) is 1.99. The smallest absolute Gasteiger partial charge is 0.178 e. The van der Waals surface area contributed by atoms with Gasteiger partial charge in [-0.05, 0) is 37.3 Å². The van der Waals surface area contributed by atoms with Gasteiger partial charge in [0.2, 0.25) is 0 Å². The average Bonchev–Trinajstić information content (AvgIpc) is 2.97. The van der Waals surface area contributed by atoms with Crippen LogP contribution in [-0.4, -0.2) is 9.55 Å². The van der Waals surface area contributed by atoms with E-state index in [0.717, 1.165) is 5.76 Å². The molecule has 0 aliphatic rings. The van der Waals surface area contributed by atoms with E-state index in [2.05, 4.69) is 4.98 Å². The van der Waals surface area contributed by atoms with Crippen molar-refractivity contribution in [3.8, 4) is 0 Å². The molecular formula is C13H10ClFN2OS. The topological polar surface area (TPSA) is 33.9 Å². The van der Waals surface area contributed by atoms with E-state index >= 15 is 0 Å². The van der Waals surface area contributed by atoms with Crippen LogP contribution in [0.1, 0.15) is 18.7 Å². The predicted octanol–water partition coefficient (Wildman–Crippen LogP) is 4.69. The molecule has 0 fully saturated rings. The molecule has 0 saturated carbocycles. The number of furan rings is 1. The molecule has 0 spiro atoms. The second-order valence-electron chi connectivity index (χ2n) is 4.28. The Hall–Kier alpha value is -1.59. The molecule has 0 aliphatic carbocycles. The number of fused-ring (bicyclic) bond motifs is 1. The van der Waals surface area contributed by atoms with Crippen LogP contribution in [-0.2, 0) is 0 Å². The van der Waals surface area contributed by atoms with Gasteiger partial charge >= 0.3 is 0 Å². The van der Waals surface area contributed by atoms with Crippen LogP contribution >= 0.6 is 23.8 Å². The summed E-state index contributed by atoms with van der Waals surface area (Å²) in [7, 11) is 0. The van der Waals surface area contributed by atoms with Gasteiger partial charge in [-0.3, -0.25) is 0 Å². The second kappa shape index (κ2) is 4.51. The van der Waals surface area contributed by atoms with Crippen LogP contribution < -0.4 is 0 Å². The Morgan fingerprint density at radius 2 is 2.26 bits per heavy atom. The summed E-state index contributed by atoms with van der Waals surface area (Å²) in [5.74, 6) is 0.288. The number of H-pyrrole nitrogens is 1. The number of hydrogen-bond donors (Lipinski definition) is 1. The highest BCUT2D eigenvalue weighted by Gasteiger charge is 2.16. The van der Waals surface area contributed by atoms with Gasteiger partial charge in [-0.1, -0.05) is 11.6 Å². The molecule has 1 unspecified atom stereocenters. The minimum absolute atomic E-state index is 0.0709. The van der Waals surface area contributed by atoms with Gasteiger partial charge in [0.05, 0.1) is 28.4 Å². The van der Waals surface area contributed by atoms with Crippen molar-refractivity contribution in [2.75, 3.05) is 0 Å². The van der Waals surface area contributed by atoms with Crippen molar-refractivity contribution in [3.05, 3.63) is 51.9 Å². The molecule has 0 bridgehead atoms. The normalized spacial score (nSPS) is 13.0. The zero-order valence-corrected chi connectivity index (χ0v) is 11.6. The first kappa shape index (κ1) is 12.4. The van der Waals surface area contributed by atoms with E-state index < -0.39 is 5.82 Å². The maximum absolute atomic E-state index is 13.6. The van der Waals surface area contributed by atoms with Crippen LogP contribution in [0.15, 0.2) is 34.9 Å². The third-order valence-corrected chi connectivity index (χ3v) is 3.69. The van der Waals surface area contributed by atoms with Gasteiger partial charge in [0.1, 0.15) is 11.6 Å². The van der Waals surface area contributed by atoms with Crippen LogP contribution in [0.5, 0.6) is 0 Å². The number of rotatable bonds is 2. The lowest BCUT2D eigenvalue weighted by atomic mass is 10.2. The van der Waals surface area contributed by atoms with Crippen molar-refractivity contribution in [1.29, 1.82) is 0 Å². The Morgan fingerprint density at radius 3 is 2.95 bits per heavy atom. The summed E-state index contributed by atoms with van der Waals surface area (Å²) in [5, 5.41) is 0.0709. The standard InChI is InChI=1S/C13H10ClFN2OS/c1-7(12-3-2-4-18-12)17-11-6-9(15)8(14)5-10(11)16-13(17)19/h2-7H,1H3,(H,16,19). The first-order valence-electron chi connectivity index (χ1n) is 5.70. The molecule has 6 heteroatoms. The number of hydrogen-bond acceptors (Lipinski definition) is 2. The van der Waals surface area contributed by atoms with Crippen LogP contribution in [0.3, 0.4) is 0 Å². The summed E-state index contributed by atoms with van der Waals surface area (Å²) in [6.45, 7) is 1.94. The summed E-state index contributed by atoms with van der Waals surface area (Å²) in [5.41, 5.74) is 1.37. The highest BCUT2D eigenvalue weighted by Crippen LogP contribution is 2.28. The van der Waals surface area contributed by atoms with Crippen LogP contribution in [0.25, 0.3) is 11.0 Å². The Labute approximate surface area is 118 Å². The van der Waals surface area contributed by atoms with E-state index in [9.17, 15) is 4.39 Å². The number of halogens is 2. The molecule has 98 valence electrons. The van der Waals surface area contributed by atoms with Gasteiger partial charge in [-0.25, -0.2) is 4.39 Å². The molecule has 19 heavy (non-hydrogen) atoms. The van der Waals surface area contributed by atoms with Gasteiger partial charge < -0.3 is 14.0 Å². The number of nitrogens with one attached hydrogen (secondary N) is 1. The Kier molecular flexibility index (Phi) is 2.95. The minimum atomic E-state index is -0.469. The summed E-state index contributed by atoms with van der Waals surface area (Å²) in [4.78, 5) is 3.02. The van der Waals surface area contributed by atoms with Gasteiger partial charge in [0.15, 0.2) is 4.77 Å². The van der Waals surface area contributed by atoms with Crippen molar-refractivity contribution in [2.24, 2.45) is 0 Å². The van der Waals surface area contributed by atoms with E-state index in [1.54, 1.807) is 6.26 Å². The van der Waals surface area contributed by atoms with E-state index in [0.29, 0.717) is 15.8 Å². The van der Waals surface area contributed by atoms with Gasteiger partial charge in [0, 0.05) is 6.07 Å². The van der Waals surface area contributed by atoms with Crippen molar-refractivity contribution in [3.63, 3.8) is 0 Å². The van der Waals surface area contributed by atoms with E-state index in [4.69, 9.17) is 28.2 Å². The lowest BCUT2D eigenvalue weighted by molar-refractivity contribution is 0.449. The lowest BCUT2D eigenvalue weighted by Crippen LogP contribution is -2.05. The number of aromatic amines is 1. The van der Waals surface area contributed by atoms with Crippen molar-refractivity contribution < 1.29 is 8.81 Å². The second-order valence-corrected chi connectivity index (χ2v) is 5.07. The maximum atomic E-state index is 13.6. The lowest BCUT2D eigenvalue weighted by Gasteiger charge is -2.12. The average molecular weight is 297 g/mol. The first-order valence-corrected chi connectivity index (χ1v) is 6.49. The zero-order chi connectivity index (χ0) is 13.6. The van der Waals surface area contributed by atoms with Crippen molar-refractivity contribution >= 4 is 34.9 Å². The molecule has 0 amide bonds. The fraction of sp³-hybridized carbons (Fsp3) is 0.154. The number of aromatic nitrogens is 2. The molecule has 1 aromatic carbocycles. The van der Waals surface area contributed by atoms with Gasteiger partial charge in [-0.15, -0.1) is 0 Å². The highest BCUT2D eigenvalue weighted by atomic mass is 35.5. The first-order chi connectivity index (χ1) is 9.08. The molecule has 3 aromatic rings. The summed E-state index contributed by atoms with van der Waals surface area (Å²) in [6, 6.07) is 6.45. The largest absolute Gasteiger partial charge is 0.467 e. The Morgan fingerprint density at radius 1 is 1.47 bits per heavy atom. The minimum Gasteiger partial charge on any atom is -0.467 e. The molecule has 0 radical (unpaired) electrons. The van der Waals surface area contributed by atoms with E-state index in [1.165, 1.54) is 12.1 Å². The predicted molar refractivity (Wildman–Crippen MR) is 74.6 cm³/mol. The summed E-state index contributed by atoms with van der Waals surface area (Å²) >= 11 is 11.1.